The molecule has 0 radical (unpaired) electrons. The number of nitrogens with zero attached hydrogens (tertiary/aromatic N) is 2. The highest BCUT2D eigenvalue weighted by molar-refractivity contribution is 5.82. The van der Waals surface area contributed by atoms with Crippen LogP contribution in [0.15, 0.2) is 41.3 Å². The molecule has 23 heavy (non-hydrogen) atoms. The van der Waals surface area contributed by atoms with Crippen molar-refractivity contribution in [2.75, 3.05) is 33.3 Å². The molecule has 1 unspecified atom stereocenters. The summed E-state index contributed by atoms with van der Waals surface area (Å²) in [6.07, 6.45) is 1.69. The van der Waals surface area contributed by atoms with Crippen LogP contribution in [0.4, 0.5) is 0 Å². The topological polar surface area (TPSA) is 63.6 Å². The van der Waals surface area contributed by atoms with Crippen molar-refractivity contribution in [3.63, 3.8) is 0 Å². The van der Waals surface area contributed by atoms with Crippen molar-refractivity contribution in [2.45, 2.75) is 12.6 Å². The van der Waals surface area contributed by atoms with E-state index in [1.807, 2.05) is 25.2 Å². The Bertz CT molecular complexity index is 756. The molecule has 1 amide bonds. The molecule has 2 heterocycles. The van der Waals surface area contributed by atoms with E-state index in [0.29, 0.717) is 18.5 Å². The summed E-state index contributed by atoms with van der Waals surface area (Å²) in [7, 11) is 2.05. The van der Waals surface area contributed by atoms with Gasteiger partial charge in [0.2, 0.25) is 5.91 Å². The molecule has 6 heteroatoms. The van der Waals surface area contributed by atoms with Crippen LogP contribution in [0.5, 0.6) is 0 Å². The van der Waals surface area contributed by atoms with Crippen molar-refractivity contribution in [1.82, 2.24) is 14.8 Å². The number of morpholine rings is 1. The summed E-state index contributed by atoms with van der Waals surface area (Å²) >= 11 is 0. The molecule has 1 N–H and O–H groups in total. The zero-order valence-corrected chi connectivity index (χ0v) is 13.2. The molecule has 6 nitrogen and oxygen atoms in total. The fraction of sp³-hybridized carbons (Fsp3) is 0.412. The van der Waals surface area contributed by atoms with Crippen LogP contribution in [0.1, 0.15) is 0 Å². The van der Waals surface area contributed by atoms with Gasteiger partial charge in [-0.1, -0.05) is 12.1 Å². The molecule has 0 aliphatic carbocycles. The maximum Gasteiger partial charge on any atom is 0.240 e. The van der Waals surface area contributed by atoms with Gasteiger partial charge in [-0.2, -0.15) is 0 Å². The van der Waals surface area contributed by atoms with E-state index in [4.69, 9.17) is 4.74 Å². The van der Waals surface area contributed by atoms with Crippen molar-refractivity contribution in [3.8, 4) is 0 Å². The van der Waals surface area contributed by atoms with Crippen LogP contribution in [0, 0.1) is 0 Å². The number of aromatic nitrogens is 1. The number of likely N-dealkylation sites (N-methyl/N-ethyl adjacent to an activating group) is 1. The van der Waals surface area contributed by atoms with E-state index in [1.165, 1.54) is 6.07 Å². The number of carbonyl (C=O) groups excluding carboxylic acids is 1. The molecule has 1 fully saturated rings. The highest BCUT2D eigenvalue weighted by Crippen LogP contribution is 2.09. The van der Waals surface area contributed by atoms with Crippen molar-refractivity contribution in [3.05, 3.63) is 46.8 Å². The Morgan fingerprint density at radius 2 is 2.17 bits per heavy atom. The number of benzene rings is 1. The minimum Gasteiger partial charge on any atom is -0.374 e. The van der Waals surface area contributed by atoms with E-state index in [1.54, 1.807) is 16.8 Å². The molecule has 1 aromatic heterocycles. The van der Waals surface area contributed by atoms with Crippen LogP contribution in [-0.4, -0.2) is 54.8 Å². The summed E-state index contributed by atoms with van der Waals surface area (Å²) in [4.78, 5) is 26.2. The lowest BCUT2D eigenvalue weighted by Crippen LogP contribution is -2.46. The molecule has 0 bridgehead atoms. The summed E-state index contributed by atoms with van der Waals surface area (Å²) < 4.78 is 7.42. The summed E-state index contributed by atoms with van der Waals surface area (Å²) in [5.41, 5.74) is 0.736. The highest BCUT2D eigenvalue weighted by atomic mass is 16.5. The van der Waals surface area contributed by atoms with E-state index < -0.39 is 0 Å². The van der Waals surface area contributed by atoms with Crippen molar-refractivity contribution >= 4 is 16.8 Å². The van der Waals surface area contributed by atoms with Gasteiger partial charge in [-0.3, -0.25) is 9.59 Å². The van der Waals surface area contributed by atoms with Gasteiger partial charge in [0.15, 0.2) is 5.43 Å². The van der Waals surface area contributed by atoms with Crippen LogP contribution >= 0.6 is 0 Å². The van der Waals surface area contributed by atoms with E-state index in [0.717, 1.165) is 18.6 Å². The van der Waals surface area contributed by atoms with Gasteiger partial charge in [-0.15, -0.1) is 0 Å². The zero-order valence-electron chi connectivity index (χ0n) is 13.2. The molecule has 2 aromatic rings. The van der Waals surface area contributed by atoms with Crippen molar-refractivity contribution in [1.29, 1.82) is 0 Å². The maximum absolute atomic E-state index is 12.2. The molecular formula is C17H21N3O3. The Labute approximate surface area is 134 Å². The SMILES string of the molecule is CN1CCOC(CNC(=O)Cn2ccc(=O)c3ccccc32)C1. The first-order valence-corrected chi connectivity index (χ1v) is 7.78. The fourth-order valence-electron chi connectivity index (χ4n) is 2.83. The normalized spacial score (nSPS) is 18.9. The standard InChI is InChI=1S/C17H21N3O3/c1-19-8-9-23-13(11-19)10-18-17(22)12-20-7-6-16(21)14-4-2-3-5-15(14)20/h2-7,13H,8-12H2,1H3,(H,18,22). The molecule has 1 aliphatic heterocycles. The van der Waals surface area contributed by atoms with Crippen LogP contribution in [0.3, 0.4) is 0 Å². The number of pyridine rings is 1. The first kappa shape index (κ1) is 15.7. The van der Waals surface area contributed by atoms with E-state index in [-0.39, 0.29) is 24.0 Å². The number of para-hydroxylation sites is 1. The maximum atomic E-state index is 12.2. The highest BCUT2D eigenvalue weighted by Gasteiger charge is 2.18. The average Bonchev–Trinajstić information content (AvgIpc) is 2.56. The second-order valence-corrected chi connectivity index (χ2v) is 5.88. The zero-order chi connectivity index (χ0) is 16.2. The van der Waals surface area contributed by atoms with E-state index in [9.17, 15) is 9.59 Å². The van der Waals surface area contributed by atoms with Gasteiger partial charge in [0, 0.05) is 37.3 Å². The van der Waals surface area contributed by atoms with Crippen LogP contribution < -0.4 is 10.7 Å². The molecule has 1 aromatic carbocycles. The lowest BCUT2D eigenvalue weighted by Gasteiger charge is -2.30. The smallest absolute Gasteiger partial charge is 0.240 e. The van der Waals surface area contributed by atoms with Crippen LogP contribution in [-0.2, 0) is 16.1 Å². The monoisotopic (exact) mass is 315 g/mol. The van der Waals surface area contributed by atoms with Gasteiger partial charge in [0.05, 0.1) is 18.2 Å². The predicted octanol–water partition coefficient (Wildman–Crippen LogP) is 0.448. The summed E-state index contributed by atoms with van der Waals surface area (Å²) in [5, 5.41) is 3.54. The number of fused-ring (bicyclic) bond motifs is 1. The number of rotatable bonds is 4. The third-order valence-corrected chi connectivity index (χ3v) is 4.07. The van der Waals surface area contributed by atoms with Crippen LogP contribution in [0.25, 0.3) is 10.9 Å². The van der Waals surface area contributed by atoms with Gasteiger partial charge in [-0.25, -0.2) is 0 Å². The Hall–Kier alpha value is -2.18. The molecule has 1 aliphatic rings. The van der Waals surface area contributed by atoms with E-state index >= 15 is 0 Å². The van der Waals surface area contributed by atoms with E-state index in [2.05, 4.69) is 10.2 Å². The van der Waals surface area contributed by atoms with Crippen LogP contribution in [0.2, 0.25) is 0 Å². The summed E-state index contributed by atoms with van der Waals surface area (Å²) in [5.74, 6) is -0.0874. The molecular weight excluding hydrogens is 294 g/mol. The number of carbonyl (C=O) groups is 1. The van der Waals surface area contributed by atoms with Gasteiger partial charge in [-0.05, 0) is 19.2 Å². The quantitative estimate of drug-likeness (QED) is 0.890. The Kier molecular flexibility index (Phi) is 4.73. The van der Waals surface area contributed by atoms with Gasteiger partial charge < -0.3 is 19.5 Å². The number of hydrogen-bond acceptors (Lipinski definition) is 4. The minimum atomic E-state index is -0.0874. The molecule has 0 spiro atoms. The molecule has 1 saturated heterocycles. The number of amides is 1. The first-order valence-electron chi connectivity index (χ1n) is 7.78. The van der Waals surface area contributed by atoms with Gasteiger partial charge in [0.25, 0.3) is 0 Å². The Morgan fingerprint density at radius 1 is 1.35 bits per heavy atom. The second kappa shape index (κ2) is 6.93. The van der Waals surface area contributed by atoms with Crippen molar-refractivity contribution < 1.29 is 9.53 Å². The summed E-state index contributed by atoms with van der Waals surface area (Å²) in [6.45, 7) is 3.13. The number of hydrogen-bond donors (Lipinski definition) is 1. The Morgan fingerprint density at radius 3 is 3.00 bits per heavy atom. The minimum absolute atomic E-state index is 0.0310. The lowest BCUT2D eigenvalue weighted by molar-refractivity contribution is -0.122. The van der Waals surface area contributed by atoms with Gasteiger partial charge in [0.1, 0.15) is 6.54 Å². The third kappa shape index (κ3) is 3.78. The molecule has 122 valence electrons. The molecule has 1 atom stereocenters. The average molecular weight is 315 g/mol. The first-order chi connectivity index (χ1) is 11.1. The molecule has 3 rings (SSSR count). The fourth-order valence-corrected chi connectivity index (χ4v) is 2.83. The Balaban J connectivity index is 1.64. The summed E-state index contributed by atoms with van der Waals surface area (Å²) in [6, 6.07) is 8.81. The second-order valence-electron chi connectivity index (χ2n) is 5.88. The largest absolute Gasteiger partial charge is 0.374 e. The molecule has 0 saturated carbocycles. The predicted molar refractivity (Wildman–Crippen MR) is 88.5 cm³/mol. The number of nitrogens with one attached hydrogen (secondary N) is 1. The number of ether oxygens (including phenoxy) is 1. The van der Waals surface area contributed by atoms with Gasteiger partial charge >= 0.3 is 0 Å². The van der Waals surface area contributed by atoms with Crippen molar-refractivity contribution in [2.24, 2.45) is 0 Å². The third-order valence-electron chi connectivity index (χ3n) is 4.07. The lowest BCUT2D eigenvalue weighted by atomic mass is 10.2.